The largest absolute Gasteiger partial charge is 0.497 e. The molecule has 1 aromatic heterocycles. The Morgan fingerprint density at radius 3 is 2.11 bits per heavy atom. The molecule has 0 bridgehead atoms. The van der Waals surface area contributed by atoms with Gasteiger partial charge in [0.25, 0.3) is 5.56 Å². The van der Waals surface area contributed by atoms with Gasteiger partial charge in [-0.25, -0.2) is 17.6 Å². The first-order valence-corrected chi connectivity index (χ1v) is 7.79. The number of benzene rings is 2. The number of anilines is 1. The highest BCUT2D eigenvalue weighted by atomic mass is 19.1. The number of rotatable bonds is 4. The number of carbonyl (C=O) groups is 1. The maximum Gasteiger partial charge on any atom is 0.256 e. The summed E-state index contributed by atoms with van der Waals surface area (Å²) in [6, 6.07) is 5.79. The van der Waals surface area contributed by atoms with Crippen molar-refractivity contribution >= 4 is 11.6 Å². The van der Waals surface area contributed by atoms with E-state index in [0.717, 1.165) is 36.4 Å². The Labute approximate surface area is 155 Å². The zero-order chi connectivity index (χ0) is 20.6. The van der Waals surface area contributed by atoms with Gasteiger partial charge in [0.2, 0.25) is 0 Å². The number of methoxy groups -OCH3 is 1. The summed E-state index contributed by atoms with van der Waals surface area (Å²) in [7, 11) is 1.20. The number of hydrogen-bond donors (Lipinski definition) is 1. The number of hydrogen-bond acceptors (Lipinski definition) is 4. The first-order valence-electron chi connectivity index (χ1n) is 7.79. The minimum absolute atomic E-state index is 0.133. The molecule has 0 aliphatic heterocycles. The molecular weight excluding hydrogens is 380 g/mol. The first-order chi connectivity index (χ1) is 13.2. The molecule has 2 aromatic carbocycles. The summed E-state index contributed by atoms with van der Waals surface area (Å²) in [4.78, 5) is 24.8. The van der Waals surface area contributed by atoms with Gasteiger partial charge >= 0.3 is 0 Å². The quantitative estimate of drug-likeness (QED) is 0.547. The van der Waals surface area contributed by atoms with Gasteiger partial charge in [-0.3, -0.25) is 14.2 Å². The van der Waals surface area contributed by atoms with Crippen molar-refractivity contribution < 1.29 is 27.1 Å². The van der Waals surface area contributed by atoms with E-state index in [-0.39, 0.29) is 11.3 Å². The zero-order valence-electron chi connectivity index (χ0n) is 14.3. The van der Waals surface area contributed by atoms with E-state index >= 15 is 0 Å². The number of halogens is 4. The Bertz CT molecular complexity index is 1140. The molecule has 3 aromatic rings. The SMILES string of the molecule is COc1cc(F)c(-n2c(N)c(C(=O)c3ccc(F)cc3F)ccc2=O)c(F)c1. The second-order valence-electron chi connectivity index (χ2n) is 5.70. The molecule has 0 aliphatic carbocycles. The van der Waals surface area contributed by atoms with Crippen molar-refractivity contribution in [2.45, 2.75) is 0 Å². The maximum absolute atomic E-state index is 14.4. The Hall–Kier alpha value is -3.62. The average Bonchev–Trinajstić information content (AvgIpc) is 2.63. The third-order valence-electron chi connectivity index (χ3n) is 4.00. The van der Waals surface area contributed by atoms with Gasteiger partial charge in [-0.1, -0.05) is 0 Å². The van der Waals surface area contributed by atoms with Crippen LogP contribution in [0.15, 0.2) is 47.3 Å². The number of nitrogens with zero attached hydrogens (tertiary/aromatic N) is 1. The van der Waals surface area contributed by atoms with Gasteiger partial charge in [0, 0.05) is 24.3 Å². The molecule has 0 radical (unpaired) electrons. The van der Waals surface area contributed by atoms with Crippen LogP contribution < -0.4 is 16.0 Å². The Morgan fingerprint density at radius 2 is 1.54 bits per heavy atom. The Morgan fingerprint density at radius 1 is 0.929 bits per heavy atom. The molecule has 0 spiro atoms. The molecule has 28 heavy (non-hydrogen) atoms. The van der Waals surface area contributed by atoms with Crippen LogP contribution in [0, 0.1) is 23.3 Å². The van der Waals surface area contributed by atoms with Crippen LogP contribution in [0.2, 0.25) is 0 Å². The molecule has 0 aliphatic rings. The van der Waals surface area contributed by atoms with Crippen LogP contribution in [-0.4, -0.2) is 17.5 Å². The molecule has 0 amide bonds. The van der Waals surface area contributed by atoms with E-state index < -0.39 is 51.7 Å². The van der Waals surface area contributed by atoms with Gasteiger partial charge in [-0.05, 0) is 18.2 Å². The number of nitrogen functional groups attached to an aromatic ring is 1. The number of ketones is 1. The lowest BCUT2D eigenvalue weighted by Crippen LogP contribution is -2.25. The number of carbonyl (C=O) groups excluding carboxylic acids is 1. The van der Waals surface area contributed by atoms with Gasteiger partial charge in [-0.15, -0.1) is 0 Å². The Balaban J connectivity index is 2.22. The summed E-state index contributed by atoms with van der Waals surface area (Å²) in [6.07, 6.45) is 0. The smallest absolute Gasteiger partial charge is 0.256 e. The maximum atomic E-state index is 14.4. The number of aromatic nitrogens is 1. The fraction of sp³-hybridized carbons (Fsp3) is 0.0526. The molecule has 1 heterocycles. The van der Waals surface area contributed by atoms with Crippen LogP contribution in [0.4, 0.5) is 23.4 Å². The van der Waals surface area contributed by atoms with E-state index in [0.29, 0.717) is 10.6 Å². The minimum atomic E-state index is -1.16. The first kappa shape index (κ1) is 19.2. The zero-order valence-corrected chi connectivity index (χ0v) is 14.3. The molecule has 2 N–H and O–H groups in total. The monoisotopic (exact) mass is 392 g/mol. The predicted octanol–water partition coefficient (Wildman–Crippen LogP) is 3.22. The minimum Gasteiger partial charge on any atom is -0.497 e. The third-order valence-corrected chi connectivity index (χ3v) is 4.00. The molecule has 0 saturated carbocycles. The topological polar surface area (TPSA) is 74.3 Å². The van der Waals surface area contributed by atoms with Crippen molar-refractivity contribution in [1.29, 1.82) is 0 Å². The summed E-state index contributed by atoms with van der Waals surface area (Å²) < 4.78 is 61.0. The number of nitrogens with two attached hydrogens (primary N) is 1. The fourth-order valence-corrected chi connectivity index (χ4v) is 2.67. The fourth-order valence-electron chi connectivity index (χ4n) is 2.67. The second-order valence-corrected chi connectivity index (χ2v) is 5.70. The van der Waals surface area contributed by atoms with Gasteiger partial charge in [0.05, 0.1) is 18.2 Å². The van der Waals surface area contributed by atoms with Gasteiger partial charge < -0.3 is 10.5 Å². The van der Waals surface area contributed by atoms with E-state index in [9.17, 15) is 27.2 Å². The lowest BCUT2D eigenvalue weighted by molar-refractivity contribution is 0.103. The van der Waals surface area contributed by atoms with E-state index in [1.165, 1.54) is 7.11 Å². The highest BCUT2D eigenvalue weighted by molar-refractivity contribution is 6.11. The van der Waals surface area contributed by atoms with Crippen LogP contribution in [0.1, 0.15) is 15.9 Å². The van der Waals surface area contributed by atoms with Gasteiger partial charge in [-0.2, -0.15) is 0 Å². The van der Waals surface area contributed by atoms with Crippen LogP contribution >= 0.6 is 0 Å². The molecule has 144 valence electrons. The van der Waals surface area contributed by atoms with Crippen molar-refractivity contribution in [3.8, 4) is 11.4 Å². The highest BCUT2D eigenvalue weighted by Gasteiger charge is 2.23. The van der Waals surface area contributed by atoms with Crippen LogP contribution in [0.25, 0.3) is 5.69 Å². The molecule has 0 atom stereocenters. The molecular formula is C19H12F4N2O3. The van der Waals surface area contributed by atoms with Gasteiger partial charge in [0.15, 0.2) is 17.4 Å². The van der Waals surface area contributed by atoms with Crippen LogP contribution in [-0.2, 0) is 0 Å². The van der Waals surface area contributed by atoms with Crippen LogP contribution in [0.5, 0.6) is 5.75 Å². The number of ether oxygens (including phenoxy) is 1. The lowest BCUT2D eigenvalue weighted by atomic mass is 10.0. The molecule has 5 nitrogen and oxygen atoms in total. The summed E-state index contributed by atoms with van der Waals surface area (Å²) in [5.74, 6) is -6.10. The summed E-state index contributed by atoms with van der Waals surface area (Å²) in [5.41, 5.74) is 3.17. The molecule has 9 heteroatoms. The van der Waals surface area contributed by atoms with Crippen molar-refractivity contribution in [3.63, 3.8) is 0 Å². The second kappa shape index (κ2) is 7.18. The highest BCUT2D eigenvalue weighted by Crippen LogP contribution is 2.26. The van der Waals surface area contributed by atoms with E-state index in [1.54, 1.807) is 0 Å². The van der Waals surface area contributed by atoms with Gasteiger partial charge in [0.1, 0.15) is 28.9 Å². The summed E-state index contributed by atoms with van der Waals surface area (Å²) in [6.45, 7) is 0. The van der Waals surface area contributed by atoms with Crippen LogP contribution in [0.3, 0.4) is 0 Å². The third kappa shape index (κ3) is 3.22. The van der Waals surface area contributed by atoms with Crippen molar-refractivity contribution in [1.82, 2.24) is 4.57 Å². The standard InChI is InChI=1S/C19H12F4N2O3/c1-28-10-7-14(22)17(15(23)8-10)25-16(26)5-4-12(19(25)24)18(27)11-3-2-9(20)6-13(11)21/h2-8H,24H2,1H3. The average molecular weight is 392 g/mol. The number of pyridine rings is 1. The van der Waals surface area contributed by atoms with Crippen molar-refractivity contribution in [2.24, 2.45) is 0 Å². The summed E-state index contributed by atoms with van der Waals surface area (Å²) >= 11 is 0. The molecule has 0 unspecified atom stereocenters. The normalized spacial score (nSPS) is 10.8. The van der Waals surface area contributed by atoms with E-state index in [4.69, 9.17) is 10.5 Å². The molecule has 0 saturated heterocycles. The molecule has 3 rings (SSSR count). The summed E-state index contributed by atoms with van der Waals surface area (Å²) in [5, 5.41) is 0. The lowest BCUT2D eigenvalue weighted by Gasteiger charge is -2.15. The van der Waals surface area contributed by atoms with Crippen molar-refractivity contribution in [2.75, 3.05) is 12.8 Å². The van der Waals surface area contributed by atoms with Crippen molar-refractivity contribution in [3.05, 3.63) is 87.2 Å². The molecule has 0 fully saturated rings. The van der Waals surface area contributed by atoms with E-state index in [1.807, 2.05) is 0 Å². The predicted molar refractivity (Wildman–Crippen MR) is 92.7 cm³/mol. The van der Waals surface area contributed by atoms with E-state index in [2.05, 4.69) is 0 Å². The Kier molecular flexibility index (Phi) is 4.91.